The van der Waals surface area contributed by atoms with Crippen LogP contribution in [0.15, 0.2) is 36.4 Å². The van der Waals surface area contributed by atoms with Crippen molar-refractivity contribution in [3.8, 4) is 6.07 Å². The number of nitriles is 1. The maximum absolute atomic E-state index is 13.5. The molecule has 0 aromatic heterocycles. The predicted molar refractivity (Wildman–Crippen MR) is 72.8 cm³/mol. The van der Waals surface area contributed by atoms with Gasteiger partial charge in [-0.3, -0.25) is 0 Å². The van der Waals surface area contributed by atoms with Crippen LogP contribution in [0.4, 0.5) is 15.8 Å². The Balaban J connectivity index is 2.27. The SMILES string of the molecule is N#Cc1ccc(Nc2ccc(C(=O)O)c(F)c2)cc1Cl. The van der Waals surface area contributed by atoms with Crippen molar-refractivity contribution in [2.45, 2.75) is 0 Å². The van der Waals surface area contributed by atoms with Crippen molar-refractivity contribution < 1.29 is 14.3 Å². The molecule has 0 spiro atoms. The van der Waals surface area contributed by atoms with Crippen molar-refractivity contribution in [2.24, 2.45) is 0 Å². The number of carbonyl (C=O) groups is 1. The van der Waals surface area contributed by atoms with Crippen LogP contribution in [0.1, 0.15) is 15.9 Å². The van der Waals surface area contributed by atoms with Gasteiger partial charge in [-0.1, -0.05) is 11.6 Å². The summed E-state index contributed by atoms with van der Waals surface area (Å²) in [5.74, 6) is -2.15. The molecule has 0 heterocycles. The lowest BCUT2D eigenvalue weighted by molar-refractivity contribution is 0.0692. The maximum Gasteiger partial charge on any atom is 0.338 e. The van der Waals surface area contributed by atoms with Gasteiger partial charge in [0.25, 0.3) is 0 Å². The van der Waals surface area contributed by atoms with Gasteiger partial charge in [0.05, 0.1) is 16.1 Å². The first kappa shape index (κ1) is 13.8. The normalized spacial score (nSPS) is 9.85. The number of carboxylic acid groups (broad SMARTS) is 1. The first-order valence-corrected chi connectivity index (χ1v) is 5.88. The summed E-state index contributed by atoms with van der Waals surface area (Å²) in [5, 5.41) is 20.6. The molecule has 2 N–H and O–H groups in total. The van der Waals surface area contributed by atoms with E-state index in [0.717, 1.165) is 6.07 Å². The van der Waals surface area contributed by atoms with Crippen LogP contribution in [-0.4, -0.2) is 11.1 Å². The van der Waals surface area contributed by atoms with Crippen molar-refractivity contribution in [2.75, 3.05) is 5.32 Å². The van der Waals surface area contributed by atoms with E-state index in [0.29, 0.717) is 16.9 Å². The van der Waals surface area contributed by atoms with Crippen LogP contribution in [-0.2, 0) is 0 Å². The Kier molecular flexibility index (Phi) is 3.87. The molecule has 20 heavy (non-hydrogen) atoms. The summed E-state index contributed by atoms with van der Waals surface area (Å²) in [6.07, 6.45) is 0. The number of carboxylic acids is 1. The van der Waals surface area contributed by atoms with Gasteiger partial charge in [0.1, 0.15) is 11.9 Å². The molecule has 0 amide bonds. The Morgan fingerprint density at radius 2 is 1.90 bits per heavy atom. The number of nitrogens with zero attached hydrogens (tertiary/aromatic N) is 1. The van der Waals surface area contributed by atoms with E-state index in [1.807, 2.05) is 6.07 Å². The minimum absolute atomic E-state index is 0.278. The number of benzene rings is 2. The monoisotopic (exact) mass is 290 g/mol. The van der Waals surface area contributed by atoms with E-state index in [2.05, 4.69) is 5.32 Å². The fraction of sp³-hybridized carbons (Fsp3) is 0. The van der Waals surface area contributed by atoms with E-state index in [1.54, 1.807) is 6.07 Å². The van der Waals surface area contributed by atoms with Gasteiger partial charge in [-0.2, -0.15) is 5.26 Å². The molecule has 0 aliphatic carbocycles. The molecule has 0 saturated carbocycles. The lowest BCUT2D eigenvalue weighted by atomic mass is 10.1. The van der Waals surface area contributed by atoms with E-state index in [4.69, 9.17) is 22.0 Å². The lowest BCUT2D eigenvalue weighted by Gasteiger charge is -2.08. The standard InChI is InChI=1S/C14H8ClFN2O2/c15-12-5-9(2-1-8(12)7-17)18-10-3-4-11(14(19)20)13(16)6-10/h1-6,18H,(H,19,20). The summed E-state index contributed by atoms with van der Waals surface area (Å²) in [6.45, 7) is 0. The van der Waals surface area contributed by atoms with Crippen LogP contribution in [0, 0.1) is 17.1 Å². The summed E-state index contributed by atoms with van der Waals surface area (Å²) in [6, 6.07) is 10.3. The van der Waals surface area contributed by atoms with Gasteiger partial charge in [0.15, 0.2) is 0 Å². The van der Waals surface area contributed by atoms with Crippen LogP contribution in [0.2, 0.25) is 5.02 Å². The number of halogens is 2. The molecule has 0 saturated heterocycles. The zero-order valence-electron chi connectivity index (χ0n) is 10.0. The largest absolute Gasteiger partial charge is 0.478 e. The number of nitrogens with one attached hydrogen (secondary N) is 1. The zero-order valence-corrected chi connectivity index (χ0v) is 10.8. The molecule has 0 unspecified atom stereocenters. The second kappa shape index (κ2) is 5.59. The third-order valence-electron chi connectivity index (χ3n) is 2.58. The fourth-order valence-corrected chi connectivity index (χ4v) is 1.84. The summed E-state index contributed by atoms with van der Waals surface area (Å²) in [5.41, 5.74) is 0.891. The third kappa shape index (κ3) is 2.87. The van der Waals surface area contributed by atoms with E-state index in [9.17, 15) is 9.18 Å². The van der Waals surface area contributed by atoms with E-state index in [1.165, 1.54) is 24.3 Å². The smallest absolute Gasteiger partial charge is 0.338 e. The quantitative estimate of drug-likeness (QED) is 0.902. The first-order chi connectivity index (χ1) is 9.51. The first-order valence-electron chi connectivity index (χ1n) is 5.51. The number of hydrogen-bond donors (Lipinski definition) is 2. The third-order valence-corrected chi connectivity index (χ3v) is 2.89. The Labute approximate surface area is 119 Å². The van der Waals surface area contributed by atoms with Gasteiger partial charge in [-0.25, -0.2) is 9.18 Å². The van der Waals surface area contributed by atoms with Crippen LogP contribution in [0.3, 0.4) is 0 Å². The summed E-state index contributed by atoms with van der Waals surface area (Å²) in [4.78, 5) is 10.7. The molecular weight excluding hydrogens is 283 g/mol. The minimum Gasteiger partial charge on any atom is -0.478 e. The van der Waals surface area contributed by atoms with Crippen LogP contribution >= 0.6 is 11.6 Å². The average molecular weight is 291 g/mol. The topological polar surface area (TPSA) is 73.1 Å². The Bertz CT molecular complexity index is 726. The van der Waals surface area contributed by atoms with Gasteiger partial charge in [-0.15, -0.1) is 0 Å². The van der Waals surface area contributed by atoms with Crippen molar-refractivity contribution in [3.05, 3.63) is 58.4 Å². The van der Waals surface area contributed by atoms with Crippen LogP contribution in [0.5, 0.6) is 0 Å². The average Bonchev–Trinajstić information content (AvgIpc) is 2.38. The highest BCUT2D eigenvalue weighted by atomic mass is 35.5. The van der Waals surface area contributed by atoms with Crippen molar-refractivity contribution in [1.82, 2.24) is 0 Å². The predicted octanol–water partition coefficient (Wildman–Crippen LogP) is 3.79. The highest BCUT2D eigenvalue weighted by Crippen LogP contribution is 2.24. The molecule has 4 nitrogen and oxygen atoms in total. The van der Waals surface area contributed by atoms with Crippen LogP contribution in [0.25, 0.3) is 0 Å². The molecular formula is C14H8ClFN2O2. The number of aromatic carboxylic acids is 1. The molecule has 2 rings (SSSR count). The molecule has 2 aromatic rings. The Morgan fingerprint density at radius 1 is 1.25 bits per heavy atom. The Morgan fingerprint density at radius 3 is 2.45 bits per heavy atom. The van der Waals surface area contributed by atoms with Crippen molar-refractivity contribution in [3.63, 3.8) is 0 Å². The van der Waals surface area contributed by atoms with Crippen LogP contribution < -0.4 is 5.32 Å². The van der Waals surface area contributed by atoms with Gasteiger partial charge in [0.2, 0.25) is 0 Å². The lowest BCUT2D eigenvalue weighted by Crippen LogP contribution is -2.01. The zero-order chi connectivity index (χ0) is 14.7. The maximum atomic E-state index is 13.5. The molecule has 100 valence electrons. The highest BCUT2D eigenvalue weighted by molar-refractivity contribution is 6.32. The van der Waals surface area contributed by atoms with Gasteiger partial charge < -0.3 is 10.4 Å². The highest BCUT2D eigenvalue weighted by Gasteiger charge is 2.10. The molecule has 0 aliphatic heterocycles. The van der Waals surface area contributed by atoms with Crippen molar-refractivity contribution >= 4 is 28.9 Å². The molecule has 6 heteroatoms. The summed E-state index contributed by atoms with van der Waals surface area (Å²) < 4.78 is 13.5. The molecule has 0 radical (unpaired) electrons. The molecule has 0 aliphatic rings. The second-order valence-electron chi connectivity index (χ2n) is 3.93. The summed E-state index contributed by atoms with van der Waals surface area (Å²) in [7, 11) is 0. The number of hydrogen-bond acceptors (Lipinski definition) is 3. The second-order valence-corrected chi connectivity index (χ2v) is 4.34. The van der Waals surface area contributed by atoms with Gasteiger partial charge >= 0.3 is 5.97 Å². The Hall–Kier alpha value is -2.58. The number of anilines is 2. The van der Waals surface area contributed by atoms with Crippen molar-refractivity contribution in [1.29, 1.82) is 5.26 Å². The molecule has 0 fully saturated rings. The number of rotatable bonds is 3. The van der Waals surface area contributed by atoms with E-state index >= 15 is 0 Å². The summed E-state index contributed by atoms with van der Waals surface area (Å²) >= 11 is 5.88. The van der Waals surface area contributed by atoms with E-state index in [-0.39, 0.29) is 5.02 Å². The molecule has 0 atom stereocenters. The molecule has 0 bridgehead atoms. The molecule has 2 aromatic carbocycles. The fourth-order valence-electron chi connectivity index (χ4n) is 1.62. The van der Waals surface area contributed by atoms with Gasteiger partial charge in [0, 0.05) is 11.4 Å². The minimum atomic E-state index is -1.32. The van der Waals surface area contributed by atoms with Gasteiger partial charge in [-0.05, 0) is 36.4 Å². The van der Waals surface area contributed by atoms with E-state index < -0.39 is 17.3 Å².